The summed E-state index contributed by atoms with van der Waals surface area (Å²) in [5.41, 5.74) is 6.01. The van der Waals surface area contributed by atoms with Crippen molar-refractivity contribution in [2.75, 3.05) is 27.2 Å². The fourth-order valence-corrected chi connectivity index (χ4v) is 1.44. The molecule has 2 N–H and O–H groups in total. The zero-order valence-corrected chi connectivity index (χ0v) is 10.5. The van der Waals surface area contributed by atoms with E-state index in [2.05, 4.69) is 0 Å². The van der Waals surface area contributed by atoms with Crippen LogP contribution in [-0.2, 0) is 0 Å². The van der Waals surface area contributed by atoms with Gasteiger partial charge in [-0.3, -0.25) is 4.79 Å². The van der Waals surface area contributed by atoms with Crippen molar-refractivity contribution >= 4 is 5.91 Å². The second kappa shape index (κ2) is 6.91. The van der Waals surface area contributed by atoms with Gasteiger partial charge >= 0.3 is 0 Å². The molecule has 94 valence electrons. The van der Waals surface area contributed by atoms with Crippen molar-refractivity contribution in [3.8, 4) is 5.75 Å². The fourth-order valence-electron chi connectivity index (χ4n) is 1.44. The molecule has 1 aromatic rings. The molecule has 0 aliphatic heterocycles. The highest BCUT2D eigenvalue weighted by atomic mass is 16.5. The van der Waals surface area contributed by atoms with Crippen LogP contribution in [0.1, 0.15) is 23.2 Å². The van der Waals surface area contributed by atoms with Crippen LogP contribution in [-0.4, -0.2) is 38.1 Å². The number of amides is 1. The molecular weight excluding hydrogens is 216 g/mol. The Kier molecular flexibility index (Phi) is 5.49. The maximum absolute atomic E-state index is 11.9. The minimum atomic E-state index is -0.0422. The lowest BCUT2D eigenvalue weighted by atomic mass is 10.2. The molecule has 4 nitrogen and oxygen atoms in total. The first-order valence-electron chi connectivity index (χ1n) is 5.80. The summed E-state index contributed by atoms with van der Waals surface area (Å²) in [5, 5.41) is 0. The normalized spacial score (nSPS) is 10.1. The number of ether oxygens (including phenoxy) is 1. The monoisotopic (exact) mass is 236 g/mol. The van der Waals surface area contributed by atoms with E-state index >= 15 is 0 Å². The van der Waals surface area contributed by atoms with E-state index in [4.69, 9.17) is 10.5 Å². The molecule has 0 spiro atoms. The van der Waals surface area contributed by atoms with Crippen molar-refractivity contribution in [2.24, 2.45) is 5.73 Å². The first-order valence-corrected chi connectivity index (χ1v) is 5.80. The predicted octanol–water partition coefficient (Wildman–Crippen LogP) is 1.51. The number of rotatable bonds is 6. The summed E-state index contributed by atoms with van der Waals surface area (Å²) in [4.78, 5) is 13.4. The molecule has 0 saturated carbocycles. The summed E-state index contributed by atoms with van der Waals surface area (Å²) in [6.07, 6.45) is 1.84. The van der Waals surface area contributed by atoms with Gasteiger partial charge in [0.05, 0.1) is 12.2 Å². The molecule has 0 atom stereocenters. The fraction of sp³-hybridized carbons (Fsp3) is 0.462. The molecule has 1 aromatic carbocycles. The average molecular weight is 236 g/mol. The van der Waals surface area contributed by atoms with Crippen LogP contribution in [0.25, 0.3) is 0 Å². The quantitative estimate of drug-likeness (QED) is 0.762. The summed E-state index contributed by atoms with van der Waals surface area (Å²) in [6.45, 7) is 1.26. The highest BCUT2D eigenvalue weighted by Crippen LogP contribution is 2.19. The Balaban J connectivity index is 2.68. The third kappa shape index (κ3) is 4.07. The summed E-state index contributed by atoms with van der Waals surface area (Å²) in [7, 11) is 3.46. The number of para-hydroxylation sites is 1. The van der Waals surface area contributed by atoms with Gasteiger partial charge in [-0.1, -0.05) is 12.1 Å². The smallest absolute Gasteiger partial charge is 0.257 e. The maximum Gasteiger partial charge on any atom is 0.257 e. The number of hydrogen-bond donors (Lipinski definition) is 1. The van der Waals surface area contributed by atoms with E-state index < -0.39 is 0 Å². The molecule has 1 rings (SSSR count). The summed E-state index contributed by atoms with van der Waals surface area (Å²) in [5.74, 6) is 0.600. The van der Waals surface area contributed by atoms with Crippen molar-refractivity contribution in [1.29, 1.82) is 0 Å². The second-order valence-electron chi connectivity index (χ2n) is 4.04. The Labute approximate surface area is 102 Å². The van der Waals surface area contributed by atoms with Gasteiger partial charge in [0.2, 0.25) is 0 Å². The van der Waals surface area contributed by atoms with E-state index in [9.17, 15) is 4.79 Å². The minimum absolute atomic E-state index is 0.0422. The van der Waals surface area contributed by atoms with Gasteiger partial charge in [-0.2, -0.15) is 0 Å². The zero-order valence-electron chi connectivity index (χ0n) is 10.5. The molecule has 0 bridgehead atoms. The van der Waals surface area contributed by atoms with Crippen LogP contribution < -0.4 is 10.5 Å². The Hall–Kier alpha value is -1.55. The zero-order chi connectivity index (χ0) is 12.7. The molecule has 0 radical (unpaired) electrons. The Morgan fingerprint density at radius 2 is 2.00 bits per heavy atom. The van der Waals surface area contributed by atoms with Gasteiger partial charge < -0.3 is 15.4 Å². The number of nitrogens with zero attached hydrogens (tertiary/aromatic N) is 1. The highest BCUT2D eigenvalue weighted by Gasteiger charge is 2.13. The van der Waals surface area contributed by atoms with E-state index in [1.807, 2.05) is 18.2 Å². The number of unbranched alkanes of at least 4 members (excludes halogenated alkanes) is 1. The lowest BCUT2D eigenvalue weighted by Crippen LogP contribution is -2.22. The Morgan fingerprint density at radius 3 is 2.65 bits per heavy atom. The van der Waals surface area contributed by atoms with Crippen LogP contribution >= 0.6 is 0 Å². The molecule has 0 unspecified atom stereocenters. The van der Waals surface area contributed by atoms with E-state index in [1.54, 1.807) is 25.1 Å². The second-order valence-corrected chi connectivity index (χ2v) is 4.04. The van der Waals surface area contributed by atoms with Crippen molar-refractivity contribution < 1.29 is 9.53 Å². The topological polar surface area (TPSA) is 55.6 Å². The van der Waals surface area contributed by atoms with Gasteiger partial charge in [0, 0.05) is 14.1 Å². The minimum Gasteiger partial charge on any atom is -0.493 e. The van der Waals surface area contributed by atoms with E-state index in [-0.39, 0.29) is 5.91 Å². The van der Waals surface area contributed by atoms with Crippen molar-refractivity contribution in [3.05, 3.63) is 29.8 Å². The molecule has 0 heterocycles. The molecule has 0 fully saturated rings. The largest absolute Gasteiger partial charge is 0.493 e. The average Bonchev–Trinajstić information content (AvgIpc) is 2.34. The molecule has 17 heavy (non-hydrogen) atoms. The standard InChI is InChI=1S/C13H20N2O2/c1-15(2)13(16)11-7-3-4-8-12(11)17-10-6-5-9-14/h3-4,7-8H,5-6,9-10,14H2,1-2H3. The molecule has 0 aliphatic carbocycles. The lowest BCUT2D eigenvalue weighted by Gasteiger charge is -2.14. The first kappa shape index (κ1) is 13.5. The van der Waals surface area contributed by atoms with Gasteiger partial charge in [0.1, 0.15) is 5.75 Å². The van der Waals surface area contributed by atoms with E-state index in [0.717, 1.165) is 12.8 Å². The van der Waals surface area contributed by atoms with Crippen LogP contribution in [0.3, 0.4) is 0 Å². The summed E-state index contributed by atoms with van der Waals surface area (Å²) >= 11 is 0. The Morgan fingerprint density at radius 1 is 1.29 bits per heavy atom. The van der Waals surface area contributed by atoms with Crippen molar-refractivity contribution in [1.82, 2.24) is 4.90 Å². The summed E-state index contributed by atoms with van der Waals surface area (Å²) in [6, 6.07) is 7.30. The van der Waals surface area contributed by atoms with Gasteiger partial charge in [-0.05, 0) is 31.5 Å². The number of carbonyl (C=O) groups excluding carboxylic acids is 1. The SMILES string of the molecule is CN(C)C(=O)c1ccccc1OCCCCN. The van der Waals surface area contributed by atoms with Gasteiger partial charge in [0.25, 0.3) is 5.91 Å². The molecule has 1 amide bonds. The molecule has 0 aliphatic rings. The predicted molar refractivity (Wildman–Crippen MR) is 68.2 cm³/mol. The highest BCUT2D eigenvalue weighted by molar-refractivity contribution is 5.96. The molecule has 0 aromatic heterocycles. The maximum atomic E-state index is 11.9. The third-order valence-electron chi connectivity index (χ3n) is 2.38. The summed E-state index contributed by atoms with van der Waals surface area (Å²) < 4.78 is 5.61. The first-order chi connectivity index (χ1) is 8.16. The van der Waals surface area contributed by atoms with Gasteiger partial charge in [-0.15, -0.1) is 0 Å². The molecular formula is C13H20N2O2. The number of nitrogens with two attached hydrogens (primary N) is 1. The molecule has 0 saturated heterocycles. The van der Waals surface area contributed by atoms with E-state index in [0.29, 0.717) is 24.5 Å². The number of carbonyl (C=O) groups is 1. The van der Waals surface area contributed by atoms with E-state index in [1.165, 1.54) is 0 Å². The van der Waals surface area contributed by atoms with Crippen LogP contribution in [0, 0.1) is 0 Å². The number of hydrogen-bond acceptors (Lipinski definition) is 3. The number of benzene rings is 1. The molecule has 4 heteroatoms. The lowest BCUT2D eigenvalue weighted by molar-refractivity contribution is 0.0823. The van der Waals surface area contributed by atoms with Crippen molar-refractivity contribution in [2.45, 2.75) is 12.8 Å². The van der Waals surface area contributed by atoms with Crippen LogP contribution in [0.5, 0.6) is 5.75 Å². The van der Waals surface area contributed by atoms with Crippen LogP contribution in [0.15, 0.2) is 24.3 Å². The van der Waals surface area contributed by atoms with Crippen LogP contribution in [0.2, 0.25) is 0 Å². The van der Waals surface area contributed by atoms with Gasteiger partial charge in [-0.25, -0.2) is 0 Å². The Bertz CT molecular complexity index is 364. The third-order valence-corrected chi connectivity index (χ3v) is 2.38. The van der Waals surface area contributed by atoms with Gasteiger partial charge in [0.15, 0.2) is 0 Å². The van der Waals surface area contributed by atoms with Crippen LogP contribution in [0.4, 0.5) is 0 Å². The van der Waals surface area contributed by atoms with Crippen molar-refractivity contribution in [3.63, 3.8) is 0 Å².